The highest BCUT2D eigenvalue weighted by Gasteiger charge is 2.11. The standard InChI is InChI=1S/C16H15N3O4/c17-14(16(22)23)9-10-1-5-12(6-2-10)18-19-13-7-3-11(4-8-13)15(20)21/h1-8,14H,9,17H2,(H,20,21)(H,22,23). The van der Waals surface area contributed by atoms with Crippen LogP contribution in [0.1, 0.15) is 15.9 Å². The molecule has 0 heterocycles. The van der Waals surface area contributed by atoms with E-state index >= 15 is 0 Å². The van der Waals surface area contributed by atoms with Crippen molar-refractivity contribution in [2.24, 2.45) is 16.0 Å². The number of azo groups is 1. The van der Waals surface area contributed by atoms with E-state index in [1.54, 1.807) is 36.4 Å². The maximum atomic E-state index is 10.7. The molecule has 4 N–H and O–H groups in total. The number of hydrogen-bond acceptors (Lipinski definition) is 5. The highest BCUT2D eigenvalue weighted by molar-refractivity contribution is 5.87. The van der Waals surface area contributed by atoms with E-state index in [1.165, 1.54) is 12.1 Å². The zero-order chi connectivity index (χ0) is 16.8. The van der Waals surface area contributed by atoms with Crippen molar-refractivity contribution in [3.8, 4) is 0 Å². The summed E-state index contributed by atoms with van der Waals surface area (Å²) in [6.45, 7) is 0. The molecule has 118 valence electrons. The minimum atomic E-state index is -1.04. The van der Waals surface area contributed by atoms with E-state index in [2.05, 4.69) is 10.2 Å². The van der Waals surface area contributed by atoms with Crippen molar-refractivity contribution in [1.29, 1.82) is 0 Å². The molecule has 23 heavy (non-hydrogen) atoms. The Morgan fingerprint density at radius 2 is 1.39 bits per heavy atom. The average molecular weight is 313 g/mol. The maximum absolute atomic E-state index is 10.7. The van der Waals surface area contributed by atoms with E-state index < -0.39 is 18.0 Å². The summed E-state index contributed by atoms with van der Waals surface area (Å²) in [5, 5.41) is 25.6. The van der Waals surface area contributed by atoms with Crippen LogP contribution in [-0.2, 0) is 11.2 Å². The van der Waals surface area contributed by atoms with E-state index in [1.807, 2.05) is 0 Å². The largest absolute Gasteiger partial charge is 0.480 e. The fourth-order valence-corrected chi connectivity index (χ4v) is 1.83. The Morgan fingerprint density at radius 3 is 1.83 bits per heavy atom. The monoisotopic (exact) mass is 313 g/mol. The van der Waals surface area contributed by atoms with Gasteiger partial charge >= 0.3 is 11.9 Å². The topological polar surface area (TPSA) is 125 Å². The van der Waals surface area contributed by atoms with Crippen LogP contribution in [0.4, 0.5) is 11.4 Å². The predicted octanol–water partition coefficient (Wildman–Crippen LogP) is 2.75. The number of rotatable bonds is 6. The summed E-state index contributed by atoms with van der Waals surface area (Å²) >= 11 is 0. The summed E-state index contributed by atoms with van der Waals surface area (Å²) in [5.74, 6) is -2.04. The quantitative estimate of drug-likeness (QED) is 0.707. The molecule has 0 amide bonds. The first kappa shape index (κ1) is 16.3. The number of nitrogens with zero attached hydrogens (tertiary/aromatic N) is 2. The zero-order valence-corrected chi connectivity index (χ0v) is 12.1. The summed E-state index contributed by atoms with van der Waals surface area (Å²) in [5.41, 5.74) is 7.58. The second kappa shape index (κ2) is 7.28. The normalized spacial score (nSPS) is 12.2. The second-order valence-electron chi connectivity index (χ2n) is 4.87. The van der Waals surface area contributed by atoms with E-state index in [4.69, 9.17) is 15.9 Å². The van der Waals surface area contributed by atoms with Crippen LogP contribution >= 0.6 is 0 Å². The van der Waals surface area contributed by atoms with Crippen molar-refractivity contribution in [2.75, 3.05) is 0 Å². The molecule has 0 aliphatic heterocycles. The summed E-state index contributed by atoms with van der Waals surface area (Å²) in [6.07, 6.45) is 0.239. The van der Waals surface area contributed by atoms with Gasteiger partial charge in [-0.25, -0.2) is 4.79 Å². The van der Waals surface area contributed by atoms with E-state index in [0.29, 0.717) is 11.4 Å². The first-order chi connectivity index (χ1) is 11.0. The van der Waals surface area contributed by atoms with Crippen molar-refractivity contribution in [3.05, 3.63) is 59.7 Å². The summed E-state index contributed by atoms with van der Waals surface area (Å²) < 4.78 is 0. The van der Waals surface area contributed by atoms with Crippen LogP contribution in [0.5, 0.6) is 0 Å². The van der Waals surface area contributed by atoms with Gasteiger partial charge in [0.05, 0.1) is 16.9 Å². The average Bonchev–Trinajstić information content (AvgIpc) is 2.54. The third kappa shape index (κ3) is 4.72. The van der Waals surface area contributed by atoms with Gasteiger partial charge in [-0.05, 0) is 48.4 Å². The van der Waals surface area contributed by atoms with Gasteiger partial charge in [0.15, 0.2) is 0 Å². The first-order valence-corrected chi connectivity index (χ1v) is 6.78. The summed E-state index contributed by atoms with van der Waals surface area (Å²) in [6, 6.07) is 12.0. The van der Waals surface area contributed by atoms with Gasteiger partial charge < -0.3 is 15.9 Å². The molecule has 0 aliphatic rings. The van der Waals surface area contributed by atoms with Gasteiger partial charge in [0.1, 0.15) is 6.04 Å². The first-order valence-electron chi connectivity index (χ1n) is 6.78. The molecule has 0 fully saturated rings. The van der Waals surface area contributed by atoms with Gasteiger partial charge in [-0.15, -0.1) is 0 Å². The van der Waals surface area contributed by atoms with Gasteiger partial charge in [0.25, 0.3) is 0 Å². The summed E-state index contributed by atoms with van der Waals surface area (Å²) in [4.78, 5) is 21.4. The van der Waals surface area contributed by atoms with Crippen LogP contribution in [0.3, 0.4) is 0 Å². The molecule has 0 saturated carbocycles. The molecule has 2 rings (SSSR count). The van der Waals surface area contributed by atoms with Crippen LogP contribution in [0.15, 0.2) is 58.8 Å². The molecule has 0 spiro atoms. The molecule has 7 nitrogen and oxygen atoms in total. The predicted molar refractivity (Wildman–Crippen MR) is 83.3 cm³/mol. The van der Waals surface area contributed by atoms with Crippen molar-refractivity contribution < 1.29 is 19.8 Å². The second-order valence-corrected chi connectivity index (χ2v) is 4.87. The molecular formula is C16H15N3O4. The molecule has 1 atom stereocenters. The molecule has 0 bridgehead atoms. The minimum Gasteiger partial charge on any atom is -0.480 e. The SMILES string of the molecule is NC(Cc1ccc(N=Nc2ccc(C(=O)O)cc2)cc1)C(=O)O. The van der Waals surface area contributed by atoms with Crippen LogP contribution in [0, 0.1) is 0 Å². The van der Waals surface area contributed by atoms with Crippen LogP contribution in [-0.4, -0.2) is 28.2 Å². The van der Waals surface area contributed by atoms with Gasteiger partial charge in [-0.3, -0.25) is 4.79 Å². The Labute approximate surface area is 132 Å². The maximum Gasteiger partial charge on any atom is 0.335 e. The van der Waals surface area contributed by atoms with Crippen molar-refractivity contribution in [3.63, 3.8) is 0 Å². The Bertz CT molecular complexity index is 724. The number of nitrogens with two attached hydrogens (primary N) is 1. The Hall–Kier alpha value is -3.06. The van der Waals surface area contributed by atoms with Gasteiger partial charge in [0, 0.05) is 0 Å². The lowest BCUT2D eigenvalue weighted by Crippen LogP contribution is -2.32. The lowest BCUT2D eigenvalue weighted by Gasteiger charge is -2.05. The van der Waals surface area contributed by atoms with E-state index in [9.17, 15) is 9.59 Å². The molecule has 0 radical (unpaired) electrons. The number of hydrogen-bond donors (Lipinski definition) is 3. The van der Waals surface area contributed by atoms with Gasteiger partial charge in [-0.1, -0.05) is 12.1 Å². The number of aromatic carboxylic acids is 1. The number of carboxylic acids is 2. The Balaban J connectivity index is 2.02. The third-order valence-corrected chi connectivity index (χ3v) is 3.10. The van der Waals surface area contributed by atoms with Crippen molar-refractivity contribution in [1.82, 2.24) is 0 Å². The lowest BCUT2D eigenvalue weighted by molar-refractivity contribution is -0.138. The molecule has 2 aromatic carbocycles. The minimum absolute atomic E-state index is 0.183. The van der Waals surface area contributed by atoms with E-state index in [0.717, 1.165) is 5.56 Å². The van der Waals surface area contributed by atoms with Crippen LogP contribution in [0.2, 0.25) is 0 Å². The van der Waals surface area contributed by atoms with Gasteiger partial charge in [-0.2, -0.15) is 10.2 Å². The fourth-order valence-electron chi connectivity index (χ4n) is 1.83. The zero-order valence-electron chi connectivity index (χ0n) is 12.1. The number of benzene rings is 2. The van der Waals surface area contributed by atoms with Crippen LogP contribution < -0.4 is 5.73 Å². The summed E-state index contributed by atoms with van der Waals surface area (Å²) in [7, 11) is 0. The lowest BCUT2D eigenvalue weighted by atomic mass is 10.1. The molecule has 2 aromatic rings. The molecule has 7 heteroatoms. The Kier molecular flexibility index (Phi) is 5.16. The van der Waals surface area contributed by atoms with Crippen molar-refractivity contribution in [2.45, 2.75) is 12.5 Å². The van der Waals surface area contributed by atoms with Gasteiger partial charge in [0.2, 0.25) is 0 Å². The third-order valence-electron chi connectivity index (χ3n) is 3.10. The molecule has 1 unspecified atom stereocenters. The fraction of sp³-hybridized carbons (Fsp3) is 0.125. The number of carbonyl (C=O) groups is 2. The van der Waals surface area contributed by atoms with Crippen LogP contribution in [0.25, 0.3) is 0 Å². The smallest absolute Gasteiger partial charge is 0.335 e. The highest BCUT2D eigenvalue weighted by Crippen LogP contribution is 2.19. The molecule has 0 aliphatic carbocycles. The Morgan fingerprint density at radius 1 is 0.913 bits per heavy atom. The molecule has 0 saturated heterocycles. The molecular weight excluding hydrogens is 298 g/mol. The molecule has 0 aromatic heterocycles. The highest BCUT2D eigenvalue weighted by atomic mass is 16.4. The van der Waals surface area contributed by atoms with E-state index in [-0.39, 0.29) is 12.0 Å². The number of carboxylic acid groups (broad SMARTS) is 2. The number of aliphatic carboxylic acids is 1. The van der Waals surface area contributed by atoms with Crippen molar-refractivity contribution >= 4 is 23.3 Å².